The van der Waals surface area contributed by atoms with Crippen LogP contribution < -0.4 is 14.4 Å². The number of aryl methyl sites for hydroxylation is 1. The van der Waals surface area contributed by atoms with E-state index in [1.165, 1.54) is 11.1 Å². The van der Waals surface area contributed by atoms with Gasteiger partial charge in [-0.05, 0) is 117 Å². The van der Waals surface area contributed by atoms with Crippen molar-refractivity contribution in [1.29, 1.82) is 0 Å². The van der Waals surface area contributed by atoms with Crippen molar-refractivity contribution >= 4 is 38.8 Å². The molecular formula is C36H49ClN2O5S. The topological polar surface area (TPSA) is 77.1 Å². The first-order valence-corrected chi connectivity index (χ1v) is 18.7. The van der Waals surface area contributed by atoms with E-state index < -0.39 is 15.3 Å². The zero-order valence-electron chi connectivity index (χ0n) is 27.2. The minimum atomic E-state index is -2.90. The summed E-state index contributed by atoms with van der Waals surface area (Å²) in [4.78, 5) is 16.1. The van der Waals surface area contributed by atoms with E-state index in [0.717, 1.165) is 80.9 Å². The number of carbonyl (C=O) groups is 1. The average Bonchev–Trinajstić information content (AvgIpc) is 3.15. The first-order valence-electron chi connectivity index (χ1n) is 16.5. The Balaban J connectivity index is 1.44. The highest BCUT2D eigenvalue weighted by Gasteiger charge is 2.50. The monoisotopic (exact) mass is 656 g/mol. The van der Waals surface area contributed by atoms with Gasteiger partial charge in [0.15, 0.2) is 0 Å². The van der Waals surface area contributed by atoms with Crippen molar-refractivity contribution in [3.05, 3.63) is 58.1 Å². The first kappa shape index (κ1) is 32.7. The van der Waals surface area contributed by atoms with Gasteiger partial charge in [-0.25, -0.2) is 4.21 Å². The van der Waals surface area contributed by atoms with Gasteiger partial charge >= 0.3 is 0 Å². The number of benzene rings is 2. The Labute approximate surface area is 274 Å². The number of fused-ring (bicyclic) bond motifs is 4. The van der Waals surface area contributed by atoms with Gasteiger partial charge in [0.25, 0.3) is 5.91 Å². The molecule has 9 heteroatoms. The fraction of sp³-hybridized carbons (Fsp3) is 0.611. The molecule has 2 bridgehead atoms. The molecule has 1 saturated carbocycles. The van der Waals surface area contributed by atoms with Gasteiger partial charge in [-0.1, -0.05) is 31.0 Å². The van der Waals surface area contributed by atoms with E-state index in [-0.39, 0.29) is 22.5 Å². The molecule has 45 heavy (non-hydrogen) atoms. The fourth-order valence-corrected chi connectivity index (χ4v) is 10.3. The SMILES string of the molecule is C=S1(=O)NC(=O)c2ccc3c(c2)N(C[C@@H]2CC[C@H]2[C@](COC)(OC)CCC[C@H](C)[C@H]1C)C[C@@]1(CCCc2cc(Cl)ccc21)CO3. The fourth-order valence-electron chi connectivity index (χ4n) is 8.58. The molecule has 2 aliphatic heterocycles. The van der Waals surface area contributed by atoms with E-state index in [9.17, 15) is 9.00 Å². The van der Waals surface area contributed by atoms with Crippen LogP contribution in [0.4, 0.5) is 5.69 Å². The van der Waals surface area contributed by atoms with Gasteiger partial charge in [0.05, 0.1) is 34.2 Å². The number of ether oxygens (including phenoxy) is 3. The Hall–Kier alpha value is -2.26. The number of hydrogen-bond donors (Lipinski definition) is 1. The molecule has 246 valence electrons. The Bertz CT molecular complexity index is 1530. The number of hydrogen-bond acceptors (Lipinski definition) is 6. The van der Waals surface area contributed by atoms with Crippen LogP contribution in [-0.2, 0) is 31.0 Å². The van der Waals surface area contributed by atoms with Crippen LogP contribution in [0.15, 0.2) is 36.4 Å². The zero-order chi connectivity index (χ0) is 32.0. The van der Waals surface area contributed by atoms with E-state index in [2.05, 4.69) is 34.5 Å². The lowest BCUT2D eigenvalue weighted by atomic mass is 9.63. The lowest BCUT2D eigenvalue weighted by Crippen LogP contribution is -2.55. The summed E-state index contributed by atoms with van der Waals surface area (Å²) in [6.07, 6.45) is 7.93. The van der Waals surface area contributed by atoms with Crippen molar-refractivity contribution in [2.24, 2.45) is 17.8 Å². The standard InChI is InChI=1S/C36H49ClN2O5S/c1-24-8-6-17-36(43-4,23-42-3)31-13-10-28(31)20-39-21-35(16-7-9-26-18-29(37)12-14-30(26)35)22-44-33-15-11-27(19-32(33)39)34(40)38-45(5,41)25(24)2/h11-12,14-15,18-19,24-25,28,31H,5-10,13,16-17,20-23H2,1-4H3,(H,38,40,41)/t24-,25+,28-,31+,35-,36-,45?/m0/s1. The van der Waals surface area contributed by atoms with Gasteiger partial charge in [0.1, 0.15) is 5.75 Å². The van der Waals surface area contributed by atoms with Crippen LogP contribution in [0.5, 0.6) is 5.75 Å². The summed E-state index contributed by atoms with van der Waals surface area (Å²) < 4.78 is 35.5. The molecule has 2 aromatic rings. The molecule has 2 aliphatic carbocycles. The van der Waals surface area contributed by atoms with E-state index in [1.54, 1.807) is 13.2 Å². The highest BCUT2D eigenvalue weighted by Crippen LogP contribution is 2.50. The molecule has 1 spiro atoms. The normalized spacial score (nSPS) is 35.3. The number of halogens is 1. The second kappa shape index (κ2) is 12.7. The summed E-state index contributed by atoms with van der Waals surface area (Å²) in [5.74, 6) is 5.29. The van der Waals surface area contributed by atoms with Gasteiger partial charge in [-0.15, -0.1) is 0 Å². The maximum absolute atomic E-state index is 13.8. The maximum atomic E-state index is 13.8. The highest BCUT2D eigenvalue weighted by molar-refractivity contribution is 7.99. The van der Waals surface area contributed by atoms with Crippen LogP contribution in [0, 0.1) is 17.8 Å². The van der Waals surface area contributed by atoms with Crippen LogP contribution in [0.2, 0.25) is 5.02 Å². The molecule has 1 amide bonds. The minimum Gasteiger partial charge on any atom is -0.490 e. The summed E-state index contributed by atoms with van der Waals surface area (Å²) in [7, 11) is 0.693. The highest BCUT2D eigenvalue weighted by atomic mass is 35.5. The van der Waals surface area contributed by atoms with E-state index in [4.69, 9.17) is 25.8 Å². The van der Waals surface area contributed by atoms with Crippen LogP contribution >= 0.6 is 11.6 Å². The lowest BCUT2D eigenvalue weighted by molar-refractivity contribution is -0.147. The van der Waals surface area contributed by atoms with Gasteiger partial charge in [-0.3, -0.25) is 9.52 Å². The van der Waals surface area contributed by atoms with E-state index in [0.29, 0.717) is 30.6 Å². The van der Waals surface area contributed by atoms with Crippen molar-refractivity contribution in [3.8, 4) is 5.75 Å². The van der Waals surface area contributed by atoms with Crippen molar-refractivity contribution in [1.82, 2.24) is 4.72 Å². The van der Waals surface area contributed by atoms with Crippen molar-refractivity contribution in [3.63, 3.8) is 0 Å². The van der Waals surface area contributed by atoms with Crippen molar-refractivity contribution in [2.45, 2.75) is 81.5 Å². The second-order valence-corrected chi connectivity index (χ2v) is 17.0. The number of nitrogens with one attached hydrogen (secondary N) is 1. The molecule has 7 nitrogen and oxygen atoms in total. The Morgan fingerprint density at radius 1 is 1.11 bits per heavy atom. The average molecular weight is 657 g/mol. The largest absolute Gasteiger partial charge is 0.490 e. The third-order valence-electron chi connectivity index (χ3n) is 11.6. The quantitative estimate of drug-likeness (QED) is 0.383. The van der Waals surface area contributed by atoms with Crippen LogP contribution in [0.3, 0.4) is 0 Å². The third kappa shape index (κ3) is 6.13. The van der Waals surface area contributed by atoms with Crippen molar-refractivity contribution < 1.29 is 23.2 Å². The maximum Gasteiger partial charge on any atom is 0.262 e. The number of anilines is 1. The van der Waals surface area contributed by atoms with Crippen LogP contribution in [-0.4, -0.2) is 67.4 Å². The van der Waals surface area contributed by atoms with E-state index >= 15 is 0 Å². The predicted octanol–water partition coefficient (Wildman–Crippen LogP) is 6.44. The number of methoxy groups -OCH3 is 2. The third-order valence-corrected chi connectivity index (χ3v) is 14.0. The number of rotatable bonds is 3. The summed E-state index contributed by atoms with van der Waals surface area (Å²) in [5.41, 5.74) is 3.38. The molecule has 2 aromatic carbocycles. The second-order valence-electron chi connectivity index (χ2n) is 14.2. The molecule has 0 saturated heterocycles. The van der Waals surface area contributed by atoms with Gasteiger partial charge in [0, 0.05) is 48.6 Å². The molecule has 1 unspecified atom stereocenters. The molecule has 6 rings (SSSR count). The van der Waals surface area contributed by atoms with Crippen LogP contribution in [0.1, 0.15) is 80.3 Å². The first-order chi connectivity index (χ1) is 21.5. The van der Waals surface area contributed by atoms with E-state index in [1.807, 2.05) is 32.2 Å². The zero-order valence-corrected chi connectivity index (χ0v) is 28.8. The number of amides is 1. The smallest absolute Gasteiger partial charge is 0.262 e. The lowest BCUT2D eigenvalue weighted by Gasteiger charge is -2.51. The number of nitrogens with zero attached hydrogens (tertiary/aromatic N) is 1. The Morgan fingerprint density at radius 3 is 2.67 bits per heavy atom. The van der Waals surface area contributed by atoms with Gasteiger partial charge in [0.2, 0.25) is 0 Å². The summed E-state index contributed by atoms with van der Waals surface area (Å²) in [5, 5.41) is 0.479. The summed E-state index contributed by atoms with van der Waals surface area (Å²) in [6.45, 7) is 6.73. The van der Waals surface area contributed by atoms with Crippen LogP contribution in [0.25, 0.3) is 0 Å². The molecule has 4 aliphatic rings. The van der Waals surface area contributed by atoms with Gasteiger partial charge < -0.3 is 19.1 Å². The molecule has 7 atom stereocenters. The van der Waals surface area contributed by atoms with Gasteiger partial charge in [-0.2, -0.15) is 0 Å². The molecule has 0 aromatic heterocycles. The molecular weight excluding hydrogens is 608 g/mol. The molecule has 0 radical (unpaired) electrons. The minimum absolute atomic E-state index is 0.109. The summed E-state index contributed by atoms with van der Waals surface area (Å²) >= 11 is 6.45. The summed E-state index contributed by atoms with van der Waals surface area (Å²) in [6, 6.07) is 11.9. The molecule has 1 fully saturated rings. The van der Waals surface area contributed by atoms with Crippen molar-refractivity contribution in [2.75, 3.05) is 45.4 Å². The number of carbonyl (C=O) groups excluding carboxylic acids is 1. The molecule has 2 heterocycles. The predicted molar refractivity (Wildman–Crippen MR) is 183 cm³/mol. The Kier molecular flexibility index (Phi) is 9.25. The molecule has 1 N–H and O–H groups in total. The Morgan fingerprint density at radius 2 is 1.93 bits per heavy atom.